The van der Waals surface area contributed by atoms with Crippen LogP contribution in [0.1, 0.15) is 93.5 Å². The van der Waals surface area contributed by atoms with Crippen molar-refractivity contribution in [2.75, 3.05) is 13.1 Å². The lowest BCUT2D eigenvalue weighted by Gasteiger charge is -2.39. The fourth-order valence-electron chi connectivity index (χ4n) is 5.46. The molecule has 4 rings (SSSR count). The number of hydrogen-bond donors (Lipinski definition) is 0. The van der Waals surface area contributed by atoms with E-state index >= 15 is 0 Å². The Morgan fingerprint density at radius 2 is 1.68 bits per heavy atom. The van der Waals surface area contributed by atoms with Gasteiger partial charge in [0.15, 0.2) is 0 Å². The number of fused-ring (bicyclic) bond motifs is 1. The number of rotatable bonds is 8. The third-order valence-electron chi connectivity index (χ3n) is 8.00. The highest BCUT2D eigenvalue weighted by atomic mass is 32.1. The van der Waals surface area contributed by atoms with Gasteiger partial charge >= 0.3 is 0 Å². The maximum Gasteiger partial charge on any atom is 0.243 e. The topological polar surface area (TPSA) is 40.6 Å². The highest BCUT2D eigenvalue weighted by molar-refractivity contribution is 7.10. The van der Waals surface area contributed by atoms with Crippen molar-refractivity contribution in [1.29, 1.82) is 0 Å². The van der Waals surface area contributed by atoms with E-state index in [1.165, 1.54) is 16.0 Å². The molecule has 0 spiro atoms. The minimum Gasteiger partial charge on any atom is -0.330 e. The van der Waals surface area contributed by atoms with Gasteiger partial charge in [-0.3, -0.25) is 9.59 Å². The molecule has 0 aliphatic carbocycles. The standard InChI is InChI=1S/C33H42N2O2S/c1-7-23(3)35(32(37)27(8-2)24-12-10-9-11-13-24)22-30(36)34-20-18-29-28(19-21-38-29)31(34)25-14-16-26(17-15-25)33(4,5)6/h9-17,19,21,23,27,31H,7-8,18,20,22H2,1-6H3/t23-,27-,31+/m0/s1. The minimum atomic E-state index is -0.247. The molecule has 38 heavy (non-hydrogen) atoms. The molecule has 202 valence electrons. The fraction of sp³-hybridized carbons (Fsp3) is 0.455. The van der Waals surface area contributed by atoms with Crippen LogP contribution >= 0.6 is 11.3 Å². The van der Waals surface area contributed by atoms with Crippen molar-refractivity contribution >= 4 is 23.2 Å². The van der Waals surface area contributed by atoms with Gasteiger partial charge in [-0.1, -0.05) is 89.2 Å². The third kappa shape index (κ3) is 5.88. The van der Waals surface area contributed by atoms with Crippen molar-refractivity contribution in [2.45, 2.75) is 84.2 Å². The molecule has 0 unspecified atom stereocenters. The summed E-state index contributed by atoms with van der Waals surface area (Å²) < 4.78 is 0. The van der Waals surface area contributed by atoms with E-state index < -0.39 is 0 Å². The second-order valence-electron chi connectivity index (χ2n) is 11.5. The van der Waals surface area contributed by atoms with Crippen LogP contribution in [0.2, 0.25) is 0 Å². The maximum absolute atomic E-state index is 14.1. The first-order chi connectivity index (χ1) is 18.2. The molecular formula is C33H42N2O2S. The maximum atomic E-state index is 14.1. The van der Waals surface area contributed by atoms with E-state index in [2.05, 4.69) is 70.3 Å². The van der Waals surface area contributed by atoms with Crippen LogP contribution in [0.25, 0.3) is 0 Å². The van der Waals surface area contributed by atoms with Gasteiger partial charge in [-0.2, -0.15) is 0 Å². The largest absolute Gasteiger partial charge is 0.330 e. The van der Waals surface area contributed by atoms with Gasteiger partial charge < -0.3 is 9.80 Å². The molecular weight excluding hydrogens is 488 g/mol. The molecule has 1 aliphatic heterocycles. The molecule has 0 saturated heterocycles. The normalized spacial score (nSPS) is 17.0. The molecule has 2 aromatic carbocycles. The summed E-state index contributed by atoms with van der Waals surface area (Å²) >= 11 is 1.77. The summed E-state index contributed by atoms with van der Waals surface area (Å²) in [7, 11) is 0. The van der Waals surface area contributed by atoms with Crippen LogP contribution in [0, 0.1) is 0 Å². The molecule has 2 amide bonds. The van der Waals surface area contributed by atoms with Crippen LogP contribution in [0.3, 0.4) is 0 Å². The summed E-state index contributed by atoms with van der Waals surface area (Å²) in [4.78, 5) is 33.1. The van der Waals surface area contributed by atoms with Crippen LogP contribution in [-0.4, -0.2) is 40.7 Å². The number of carbonyl (C=O) groups is 2. The van der Waals surface area contributed by atoms with Crippen LogP contribution < -0.4 is 0 Å². The highest BCUT2D eigenvalue weighted by Gasteiger charge is 2.36. The molecule has 0 fully saturated rings. The first kappa shape index (κ1) is 28.1. The minimum absolute atomic E-state index is 0.0170. The average molecular weight is 531 g/mol. The molecule has 0 bridgehead atoms. The second kappa shape index (κ2) is 11.9. The van der Waals surface area contributed by atoms with Crippen molar-refractivity contribution in [3.8, 4) is 0 Å². The van der Waals surface area contributed by atoms with E-state index in [1.807, 2.05) is 47.1 Å². The lowest BCUT2D eigenvalue weighted by atomic mass is 9.85. The zero-order chi connectivity index (χ0) is 27.4. The SMILES string of the molecule is CC[C@H](C(=O)N(CC(=O)N1CCc2sccc2[C@H]1c1ccc(C(C)(C)C)cc1)[C@@H](C)CC)c1ccccc1. The van der Waals surface area contributed by atoms with E-state index in [9.17, 15) is 9.59 Å². The van der Waals surface area contributed by atoms with E-state index in [1.54, 1.807) is 11.3 Å². The molecule has 4 nitrogen and oxygen atoms in total. The van der Waals surface area contributed by atoms with Gasteiger partial charge in [0.25, 0.3) is 0 Å². The summed E-state index contributed by atoms with van der Waals surface area (Å²) in [6.07, 6.45) is 2.36. The Balaban J connectivity index is 1.64. The van der Waals surface area contributed by atoms with Gasteiger partial charge in [-0.15, -0.1) is 11.3 Å². The van der Waals surface area contributed by atoms with Crippen molar-refractivity contribution < 1.29 is 9.59 Å². The number of hydrogen-bond acceptors (Lipinski definition) is 3. The molecule has 0 N–H and O–H groups in total. The van der Waals surface area contributed by atoms with Gasteiger partial charge in [0.05, 0.1) is 12.0 Å². The molecule has 1 aliphatic rings. The fourth-order valence-corrected chi connectivity index (χ4v) is 6.36. The predicted molar refractivity (Wildman–Crippen MR) is 158 cm³/mol. The van der Waals surface area contributed by atoms with Crippen molar-refractivity contribution in [3.05, 3.63) is 93.2 Å². The summed E-state index contributed by atoms with van der Waals surface area (Å²) in [5.74, 6) is -0.187. The molecule has 2 heterocycles. The Morgan fingerprint density at radius 3 is 2.29 bits per heavy atom. The quantitative estimate of drug-likeness (QED) is 0.306. The first-order valence-electron chi connectivity index (χ1n) is 14.0. The molecule has 5 heteroatoms. The number of nitrogens with zero attached hydrogens (tertiary/aromatic N) is 2. The lowest BCUT2D eigenvalue weighted by Crippen LogP contribution is -2.50. The molecule has 3 aromatic rings. The van der Waals surface area contributed by atoms with Crippen molar-refractivity contribution in [2.24, 2.45) is 0 Å². The van der Waals surface area contributed by atoms with Crippen molar-refractivity contribution in [3.63, 3.8) is 0 Å². The number of carbonyl (C=O) groups excluding carboxylic acids is 2. The van der Waals surface area contributed by atoms with Gasteiger partial charge in [0.2, 0.25) is 11.8 Å². The average Bonchev–Trinajstić information content (AvgIpc) is 3.40. The van der Waals surface area contributed by atoms with Gasteiger partial charge in [-0.25, -0.2) is 0 Å². The smallest absolute Gasteiger partial charge is 0.243 e. The van der Waals surface area contributed by atoms with Gasteiger partial charge in [0, 0.05) is 17.5 Å². The van der Waals surface area contributed by atoms with Crippen molar-refractivity contribution in [1.82, 2.24) is 9.80 Å². The Morgan fingerprint density at radius 1 is 1.00 bits per heavy atom. The van der Waals surface area contributed by atoms with E-state index in [0.29, 0.717) is 13.0 Å². The Kier molecular flexibility index (Phi) is 8.77. The number of amides is 2. The molecule has 3 atom stereocenters. The summed E-state index contributed by atoms with van der Waals surface area (Å²) in [5.41, 5.74) is 4.71. The summed E-state index contributed by atoms with van der Waals surface area (Å²) in [6.45, 7) is 13.6. The van der Waals surface area contributed by atoms with E-state index in [0.717, 1.165) is 24.0 Å². The first-order valence-corrected chi connectivity index (χ1v) is 14.8. The number of thiophene rings is 1. The van der Waals surface area contributed by atoms with E-state index in [4.69, 9.17) is 0 Å². The van der Waals surface area contributed by atoms with Crippen LogP contribution in [-0.2, 0) is 21.4 Å². The monoisotopic (exact) mass is 530 g/mol. The van der Waals surface area contributed by atoms with E-state index in [-0.39, 0.29) is 41.8 Å². The Hall–Kier alpha value is -2.92. The number of benzene rings is 2. The molecule has 0 radical (unpaired) electrons. The second-order valence-corrected chi connectivity index (χ2v) is 12.5. The molecule has 1 aromatic heterocycles. The predicted octanol–water partition coefficient (Wildman–Crippen LogP) is 7.34. The van der Waals surface area contributed by atoms with Crippen LogP contribution in [0.5, 0.6) is 0 Å². The molecule has 0 saturated carbocycles. The zero-order valence-corrected chi connectivity index (χ0v) is 24.6. The Labute approximate surface area is 232 Å². The van der Waals surface area contributed by atoms with Gasteiger partial charge in [-0.05, 0) is 65.3 Å². The Bertz CT molecular complexity index is 1230. The summed E-state index contributed by atoms with van der Waals surface area (Å²) in [6, 6.07) is 20.7. The van der Waals surface area contributed by atoms with Crippen LogP contribution in [0.4, 0.5) is 0 Å². The third-order valence-corrected chi connectivity index (χ3v) is 9.00. The summed E-state index contributed by atoms with van der Waals surface area (Å²) in [5, 5.41) is 2.13. The van der Waals surface area contributed by atoms with Gasteiger partial charge in [0.1, 0.15) is 6.54 Å². The van der Waals surface area contributed by atoms with Crippen LogP contribution in [0.15, 0.2) is 66.0 Å². The lowest BCUT2D eigenvalue weighted by molar-refractivity contribution is -0.144. The zero-order valence-electron chi connectivity index (χ0n) is 23.7. The highest BCUT2D eigenvalue weighted by Crippen LogP contribution is 2.39.